The highest BCUT2D eigenvalue weighted by atomic mass is 19.4. The van der Waals surface area contributed by atoms with Gasteiger partial charge in [0.25, 0.3) is 0 Å². The minimum absolute atomic E-state index is 0.573. The highest BCUT2D eigenvalue weighted by molar-refractivity contribution is 5.50. The fourth-order valence-electron chi connectivity index (χ4n) is 1.71. The zero-order valence-electron chi connectivity index (χ0n) is 10.9. The second-order valence-corrected chi connectivity index (χ2v) is 4.04. The molecule has 1 aromatic rings. The second-order valence-electron chi connectivity index (χ2n) is 4.04. The Hall–Kier alpha value is -1.89. The number of alkyl halides is 3. The van der Waals surface area contributed by atoms with Crippen LogP contribution in [-0.4, -0.2) is 12.2 Å². The molecule has 102 valence electrons. The Labute approximate surface area is 111 Å². The number of aryl methyl sites for hydroxylation is 1. The van der Waals surface area contributed by atoms with Gasteiger partial charge in [0.1, 0.15) is 6.04 Å². The third-order valence-corrected chi connectivity index (χ3v) is 2.79. The molecule has 0 heterocycles. The summed E-state index contributed by atoms with van der Waals surface area (Å²) >= 11 is 0. The fourth-order valence-corrected chi connectivity index (χ4v) is 1.71. The van der Waals surface area contributed by atoms with Crippen LogP contribution in [0.15, 0.2) is 35.9 Å². The van der Waals surface area contributed by atoms with Crippen LogP contribution in [0.1, 0.15) is 19.4 Å². The summed E-state index contributed by atoms with van der Waals surface area (Å²) in [5, 5.41) is 2.71. The molecule has 1 rings (SSSR count). The molecule has 0 fully saturated rings. The number of hydrogen-bond acceptors (Lipinski definition) is 1. The normalized spacial score (nSPS) is 13.8. The molecule has 0 aliphatic carbocycles. The number of terminal acetylenes is 1. The largest absolute Gasteiger partial charge is 0.415 e. The smallest absolute Gasteiger partial charge is 0.368 e. The number of hydrogen-bond donors (Lipinski definition) is 1. The van der Waals surface area contributed by atoms with Gasteiger partial charge in [0, 0.05) is 5.69 Å². The summed E-state index contributed by atoms with van der Waals surface area (Å²) in [6.45, 7) is 3.34. The Morgan fingerprint density at radius 2 is 1.95 bits per heavy atom. The molecule has 1 aromatic carbocycles. The molecule has 1 atom stereocenters. The Bertz CT molecular complexity index is 478. The molecule has 1 unspecified atom stereocenters. The van der Waals surface area contributed by atoms with Gasteiger partial charge >= 0.3 is 6.18 Å². The van der Waals surface area contributed by atoms with Crippen molar-refractivity contribution in [3.8, 4) is 12.3 Å². The molecule has 0 amide bonds. The third kappa shape index (κ3) is 4.06. The summed E-state index contributed by atoms with van der Waals surface area (Å²) in [6, 6.07) is 6.00. The van der Waals surface area contributed by atoms with Crippen LogP contribution >= 0.6 is 0 Å². The molecule has 19 heavy (non-hydrogen) atoms. The van der Waals surface area contributed by atoms with Crippen molar-refractivity contribution in [2.45, 2.75) is 32.5 Å². The lowest BCUT2D eigenvalue weighted by atomic mass is 10.1. The number of rotatable bonds is 4. The molecule has 0 radical (unpaired) electrons. The molecule has 0 bridgehead atoms. The van der Waals surface area contributed by atoms with E-state index < -0.39 is 17.8 Å². The van der Waals surface area contributed by atoms with Crippen molar-refractivity contribution in [2.75, 3.05) is 5.32 Å². The van der Waals surface area contributed by atoms with E-state index in [1.54, 1.807) is 12.1 Å². The molecule has 4 heteroatoms. The maximum absolute atomic E-state index is 12.8. The minimum Gasteiger partial charge on any atom is -0.368 e. The molecular formula is C15H16F3N. The third-order valence-electron chi connectivity index (χ3n) is 2.79. The quantitative estimate of drug-likeness (QED) is 0.637. The molecule has 0 aromatic heterocycles. The monoisotopic (exact) mass is 267 g/mol. The number of allylic oxidation sites excluding steroid dienone is 1. The van der Waals surface area contributed by atoms with E-state index in [1.807, 2.05) is 19.1 Å². The lowest BCUT2D eigenvalue weighted by molar-refractivity contribution is -0.0936. The van der Waals surface area contributed by atoms with Crippen molar-refractivity contribution >= 4 is 5.69 Å². The van der Waals surface area contributed by atoms with Crippen LogP contribution in [-0.2, 0) is 6.42 Å². The van der Waals surface area contributed by atoms with E-state index in [0.29, 0.717) is 5.69 Å². The number of benzene rings is 1. The van der Waals surface area contributed by atoms with Crippen LogP contribution in [0.25, 0.3) is 0 Å². The van der Waals surface area contributed by atoms with Crippen LogP contribution in [0.5, 0.6) is 0 Å². The van der Waals surface area contributed by atoms with Gasteiger partial charge in [-0.2, -0.15) is 13.2 Å². The molecule has 0 aliphatic rings. The first-order chi connectivity index (χ1) is 8.92. The van der Waals surface area contributed by atoms with E-state index in [1.165, 1.54) is 6.92 Å². The van der Waals surface area contributed by atoms with E-state index in [4.69, 9.17) is 6.42 Å². The van der Waals surface area contributed by atoms with Crippen molar-refractivity contribution in [3.05, 3.63) is 41.5 Å². The summed E-state index contributed by atoms with van der Waals surface area (Å²) in [5.41, 5.74) is 0.934. The van der Waals surface area contributed by atoms with Gasteiger partial charge in [-0.05, 0) is 31.0 Å². The van der Waals surface area contributed by atoms with Crippen molar-refractivity contribution in [2.24, 2.45) is 0 Å². The first-order valence-electron chi connectivity index (χ1n) is 5.97. The standard InChI is InChI=1S/C15H16F3N/c1-4-11-7-9-12(10-8-11)19-14(6-3)13(5-2)15(16,17)18/h3,5,7-10,14,19H,4H2,1-2H3. The second kappa shape index (κ2) is 6.33. The Kier molecular flexibility index (Phi) is 5.05. The van der Waals surface area contributed by atoms with E-state index in [9.17, 15) is 13.2 Å². The van der Waals surface area contributed by atoms with E-state index in [-0.39, 0.29) is 0 Å². The Morgan fingerprint density at radius 1 is 1.37 bits per heavy atom. The summed E-state index contributed by atoms with van der Waals surface area (Å²) in [5.74, 6) is 2.14. The van der Waals surface area contributed by atoms with Crippen molar-refractivity contribution in [1.82, 2.24) is 0 Å². The summed E-state index contributed by atoms with van der Waals surface area (Å²) in [6.07, 6.45) is 2.64. The lowest BCUT2D eigenvalue weighted by Gasteiger charge is -2.20. The summed E-state index contributed by atoms with van der Waals surface area (Å²) in [4.78, 5) is 0. The topological polar surface area (TPSA) is 12.0 Å². The first kappa shape index (κ1) is 15.2. The first-order valence-corrected chi connectivity index (χ1v) is 5.97. The van der Waals surface area contributed by atoms with E-state index in [0.717, 1.165) is 18.1 Å². The average Bonchev–Trinajstić information content (AvgIpc) is 2.37. The van der Waals surface area contributed by atoms with Crippen LogP contribution in [0, 0.1) is 12.3 Å². The maximum Gasteiger partial charge on any atom is 0.415 e. The van der Waals surface area contributed by atoms with E-state index >= 15 is 0 Å². The van der Waals surface area contributed by atoms with Crippen LogP contribution in [0.3, 0.4) is 0 Å². The molecule has 1 nitrogen and oxygen atoms in total. The van der Waals surface area contributed by atoms with Gasteiger partial charge < -0.3 is 5.32 Å². The average molecular weight is 267 g/mol. The number of nitrogens with one attached hydrogen (secondary N) is 1. The van der Waals surface area contributed by atoms with Gasteiger partial charge in [-0.1, -0.05) is 31.1 Å². The molecule has 0 saturated heterocycles. The fraction of sp³-hybridized carbons (Fsp3) is 0.333. The SMILES string of the molecule is C#CC(Nc1ccc(CC)cc1)C(=CC)C(F)(F)F. The summed E-state index contributed by atoms with van der Waals surface area (Å²) < 4.78 is 38.3. The molecule has 0 spiro atoms. The van der Waals surface area contributed by atoms with Gasteiger partial charge in [-0.25, -0.2) is 0 Å². The Balaban J connectivity index is 2.91. The molecular weight excluding hydrogens is 251 g/mol. The van der Waals surface area contributed by atoms with Crippen LogP contribution in [0.2, 0.25) is 0 Å². The predicted molar refractivity (Wildman–Crippen MR) is 71.9 cm³/mol. The zero-order valence-corrected chi connectivity index (χ0v) is 10.9. The van der Waals surface area contributed by atoms with Crippen molar-refractivity contribution in [3.63, 3.8) is 0 Å². The number of halogens is 3. The van der Waals surface area contributed by atoms with Crippen LogP contribution in [0.4, 0.5) is 18.9 Å². The van der Waals surface area contributed by atoms with Gasteiger partial charge in [-0.3, -0.25) is 0 Å². The van der Waals surface area contributed by atoms with Gasteiger partial charge in [0.2, 0.25) is 0 Å². The minimum atomic E-state index is -4.43. The lowest BCUT2D eigenvalue weighted by Crippen LogP contribution is -2.29. The van der Waals surface area contributed by atoms with Gasteiger partial charge in [0.05, 0.1) is 5.57 Å². The molecule has 1 N–H and O–H groups in total. The Morgan fingerprint density at radius 3 is 2.32 bits per heavy atom. The van der Waals surface area contributed by atoms with Gasteiger partial charge in [0.15, 0.2) is 0 Å². The maximum atomic E-state index is 12.8. The molecule has 0 saturated carbocycles. The highest BCUT2D eigenvalue weighted by Gasteiger charge is 2.37. The number of anilines is 1. The zero-order chi connectivity index (χ0) is 14.5. The molecule has 0 aliphatic heterocycles. The highest BCUT2D eigenvalue weighted by Crippen LogP contribution is 2.29. The van der Waals surface area contributed by atoms with Crippen molar-refractivity contribution in [1.29, 1.82) is 0 Å². The van der Waals surface area contributed by atoms with Crippen LogP contribution < -0.4 is 5.32 Å². The van der Waals surface area contributed by atoms with E-state index in [2.05, 4.69) is 11.2 Å². The predicted octanol–water partition coefficient (Wildman–Crippen LogP) is 4.17. The van der Waals surface area contributed by atoms with Gasteiger partial charge in [-0.15, -0.1) is 6.42 Å². The van der Waals surface area contributed by atoms with Crippen molar-refractivity contribution < 1.29 is 13.2 Å². The summed E-state index contributed by atoms with van der Waals surface area (Å²) in [7, 11) is 0.